The van der Waals surface area contributed by atoms with Crippen LogP contribution in [0.4, 0.5) is 22.1 Å². The van der Waals surface area contributed by atoms with Gasteiger partial charge in [0.05, 0.1) is 30.4 Å². The number of rotatable bonds is 7. The summed E-state index contributed by atoms with van der Waals surface area (Å²) in [7, 11) is 3.41. The molecule has 2 aliphatic rings. The first kappa shape index (κ1) is 25.0. The number of aromatic nitrogens is 2. The van der Waals surface area contributed by atoms with Gasteiger partial charge in [0, 0.05) is 51.1 Å². The van der Waals surface area contributed by atoms with Crippen LogP contribution in [0.1, 0.15) is 28.0 Å². The van der Waals surface area contributed by atoms with E-state index in [1.165, 1.54) is 18.1 Å². The zero-order valence-electron chi connectivity index (χ0n) is 20.2. The Morgan fingerprint density at radius 1 is 1.39 bits per heavy atom. The molecule has 0 aromatic carbocycles. The number of anilines is 3. The van der Waals surface area contributed by atoms with Crippen LogP contribution in [0.3, 0.4) is 0 Å². The number of hydrogen-bond donors (Lipinski definition) is 2. The lowest BCUT2D eigenvalue weighted by atomic mass is 10.1. The Morgan fingerprint density at radius 3 is 2.92 bits per heavy atom. The number of likely N-dealkylation sites (N-methyl/N-ethyl adjacent to an activating group) is 1. The molecule has 0 radical (unpaired) electrons. The molecule has 2 aromatic rings. The van der Waals surface area contributed by atoms with E-state index in [-0.39, 0.29) is 35.8 Å². The molecule has 0 spiro atoms. The van der Waals surface area contributed by atoms with E-state index in [4.69, 9.17) is 4.74 Å². The van der Waals surface area contributed by atoms with Crippen molar-refractivity contribution in [3.63, 3.8) is 0 Å². The van der Waals surface area contributed by atoms with Crippen LogP contribution in [0.15, 0.2) is 24.4 Å². The van der Waals surface area contributed by atoms with Crippen molar-refractivity contribution in [1.29, 1.82) is 5.26 Å². The molecule has 2 aliphatic heterocycles. The number of piperazine rings is 1. The predicted octanol–water partition coefficient (Wildman–Crippen LogP) is 1.30. The first-order chi connectivity index (χ1) is 17.4. The molecular weight excluding hydrogens is 464 g/mol. The molecule has 1 unspecified atom stereocenters. The molecule has 2 aromatic heterocycles. The minimum Gasteiger partial charge on any atom is -0.379 e. The fraction of sp³-hybridized carbons (Fsp3) is 0.417. The first-order valence-electron chi connectivity index (χ1n) is 11.6. The molecular formula is C24H28N8O4. The van der Waals surface area contributed by atoms with Gasteiger partial charge < -0.3 is 15.0 Å². The average molecular weight is 493 g/mol. The lowest BCUT2D eigenvalue weighted by Gasteiger charge is -2.32. The van der Waals surface area contributed by atoms with E-state index in [0.717, 1.165) is 13.0 Å². The summed E-state index contributed by atoms with van der Waals surface area (Å²) in [5.41, 5.74) is 1.70. The summed E-state index contributed by atoms with van der Waals surface area (Å²) in [5.74, 6) is 0.511. The van der Waals surface area contributed by atoms with Crippen LogP contribution in [0.5, 0.6) is 0 Å². The van der Waals surface area contributed by atoms with Gasteiger partial charge in [-0.3, -0.25) is 24.7 Å². The smallest absolute Gasteiger partial charge is 0.328 e. The molecule has 0 saturated carbocycles. The van der Waals surface area contributed by atoms with Gasteiger partial charge in [0.25, 0.3) is 0 Å². The summed E-state index contributed by atoms with van der Waals surface area (Å²) < 4.78 is 5.37. The van der Waals surface area contributed by atoms with Crippen LogP contribution in [0.25, 0.3) is 0 Å². The number of nitrogens with one attached hydrogen (secondary N) is 2. The van der Waals surface area contributed by atoms with E-state index in [1.54, 1.807) is 23.1 Å². The van der Waals surface area contributed by atoms with E-state index < -0.39 is 6.03 Å². The third-order valence-electron chi connectivity index (χ3n) is 6.18. The van der Waals surface area contributed by atoms with Gasteiger partial charge in [-0.05, 0) is 19.5 Å². The number of nitriles is 1. The Hall–Kier alpha value is -4.08. The molecule has 2 N–H and O–H groups in total. The van der Waals surface area contributed by atoms with Crippen molar-refractivity contribution in [1.82, 2.24) is 19.8 Å². The second kappa shape index (κ2) is 11.1. The fourth-order valence-electron chi connectivity index (χ4n) is 4.01. The highest BCUT2D eigenvalue weighted by Crippen LogP contribution is 2.22. The number of ether oxygens (including phenoxy) is 1. The van der Waals surface area contributed by atoms with Crippen LogP contribution >= 0.6 is 0 Å². The molecule has 12 heteroatoms. The zero-order valence-corrected chi connectivity index (χ0v) is 20.2. The van der Waals surface area contributed by atoms with Gasteiger partial charge in [-0.15, -0.1) is 0 Å². The Labute approximate surface area is 208 Å². The van der Waals surface area contributed by atoms with Gasteiger partial charge in [-0.2, -0.15) is 5.26 Å². The number of carbonyl (C=O) groups excluding carboxylic acids is 3. The quantitative estimate of drug-likeness (QED) is 0.547. The third-order valence-corrected chi connectivity index (χ3v) is 6.18. The van der Waals surface area contributed by atoms with Crippen molar-refractivity contribution in [2.45, 2.75) is 19.0 Å². The largest absolute Gasteiger partial charge is 0.379 e. The van der Waals surface area contributed by atoms with Crippen molar-refractivity contribution >= 4 is 35.5 Å². The minimum absolute atomic E-state index is 0.00889. The Bertz CT molecular complexity index is 1190. The number of urea groups is 1. The zero-order chi connectivity index (χ0) is 25.7. The van der Waals surface area contributed by atoms with Gasteiger partial charge in [0.2, 0.25) is 5.91 Å². The van der Waals surface area contributed by atoms with E-state index in [0.29, 0.717) is 49.4 Å². The molecule has 2 fully saturated rings. The van der Waals surface area contributed by atoms with Crippen LogP contribution in [-0.4, -0.2) is 91.0 Å². The topological polar surface area (TPSA) is 144 Å². The standard InChI is InChI=1S/C24H28N8O4/c1-30-6-7-32(23(34)13-30)12-16-3-4-22(28-20(16)14-33)31(2)24(35)29-21-9-19(17(10-25)11-26-21)27-18-5-8-36-15-18/h3-4,9,11,14,18H,5-8,12-13,15H2,1-2H3,(H2,26,27,29,35). The van der Waals surface area contributed by atoms with Crippen molar-refractivity contribution in [2.24, 2.45) is 0 Å². The maximum absolute atomic E-state index is 12.9. The van der Waals surface area contributed by atoms with E-state index >= 15 is 0 Å². The third kappa shape index (κ3) is 5.76. The summed E-state index contributed by atoms with van der Waals surface area (Å²) >= 11 is 0. The number of aldehydes is 1. The van der Waals surface area contributed by atoms with Crippen molar-refractivity contribution in [3.05, 3.63) is 41.2 Å². The first-order valence-corrected chi connectivity index (χ1v) is 11.6. The monoisotopic (exact) mass is 492 g/mol. The van der Waals surface area contributed by atoms with Gasteiger partial charge in [-0.25, -0.2) is 14.8 Å². The van der Waals surface area contributed by atoms with Gasteiger partial charge in [-0.1, -0.05) is 6.07 Å². The van der Waals surface area contributed by atoms with Crippen LogP contribution in [-0.2, 0) is 16.1 Å². The SMILES string of the molecule is CN1CCN(Cc2ccc(N(C)C(=O)Nc3cc(NC4CCOC4)c(C#N)cn3)nc2C=O)C(=O)C1. The summed E-state index contributed by atoms with van der Waals surface area (Å²) in [4.78, 5) is 50.3. The van der Waals surface area contributed by atoms with Crippen LogP contribution in [0, 0.1) is 11.3 Å². The fourth-order valence-corrected chi connectivity index (χ4v) is 4.01. The summed E-state index contributed by atoms with van der Waals surface area (Å²) in [6.07, 6.45) is 2.84. The molecule has 0 aliphatic carbocycles. The second-order valence-corrected chi connectivity index (χ2v) is 8.81. The normalized spacial score (nSPS) is 18.0. The predicted molar refractivity (Wildman–Crippen MR) is 132 cm³/mol. The number of amides is 3. The highest BCUT2D eigenvalue weighted by Gasteiger charge is 2.23. The average Bonchev–Trinajstić information content (AvgIpc) is 3.38. The molecule has 4 heterocycles. The molecule has 2 saturated heterocycles. The number of nitrogens with zero attached hydrogens (tertiary/aromatic N) is 6. The molecule has 0 bridgehead atoms. The minimum atomic E-state index is -0.520. The maximum atomic E-state index is 12.9. The van der Waals surface area contributed by atoms with Gasteiger partial charge >= 0.3 is 6.03 Å². The lowest BCUT2D eigenvalue weighted by molar-refractivity contribution is -0.136. The molecule has 4 rings (SSSR count). The molecule has 188 valence electrons. The van der Waals surface area contributed by atoms with Gasteiger partial charge in [0.1, 0.15) is 23.4 Å². The lowest BCUT2D eigenvalue weighted by Crippen LogP contribution is -2.48. The number of pyridine rings is 2. The van der Waals surface area contributed by atoms with Crippen LogP contribution < -0.4 is 15.5 Å². The summed E-state index contributed by atoms with van der Waals surface area (Å²) in [6, 6.07) is 6.58. The Balaban J connectivity index is 1.45. The molecule has 12 nitrogen and oxygen atoms in total. The Kier molecular flexibility index (Phi) is 7.72. The highest BCUT2D eigenvalue weighted by molar-refractivity contribution is 6.00. The second-order valence-electron chi connectivity index (χ2n) is 8.81. The highest BCUT2D eigenvalue weighted by atomic mass is 16.5. The van der Waals surface area contributed by atoms with Crippen molar-refractivity contribution in [2.75, 3.05) is 62.5 Å². The van der Waals surface area contributed by atoms with Crippen LogP contribution in [0.2, 0.25) is 0 Å². The maximum Gasteiger partial charge on any atom is 0.328 e. The van der Waals surface area contributed by atoms with Crippen molar-refractivity contribution in [3.8, 4) is 6.07 Å². The van der Waals surface area contributed by atoms with E-state index in [1.807, 2.05) is 11.9 Å². The van der Waals surface area contributed by atoms with E-state index in [9.17, 15) is 19.6 Å². The van der Waals surface area contributed by atoms with Gasteiger partial charge in [0.15, 0.2) is 6.29 Å². The summed E-state index contributed by atoms with van der Waals surface area (Å²) in [5, 5.41) is 15.3. The molecule has 1 atom stereocenters. The molecule has 3 amide bonds. The van der Waals surface area contributed by atoms with E-state index in [2.05, 4.69) is 26.7 Å². The summed E-state index contributed by atoms with van der Waals surface area (Å²) in [6.45, 7) is 3.13. The Morgan fingerprint density at radius 2 is 2.22 bits per heavy atom. The number of hydrogen-bond acceptors (Lipinski definition) is 9. The number of carbonyl (C=O) groups is 3. The molecule has 36 heavy (non-hydrogen) atoms. The van der Waals surface area contributed by atoms with Crippen molar-refractivity contribution < 1.29 is 19.1 Å².